The third-order valence-electron chi connectivity index (χ3n) is 4.30. The zero-order chi connectivity index (χ0) is 18.9. The fraction of sp³-hybridized carbons (Fsp3) is 0.333. The predicted octanol–water partition coefficient (Wildman–Crippen LogP) is 3.42. The summed E-state index contributed by atoms with van der Waals surface area (Å²) < 4.78 is 5.15. The van der Waals surface area contributed by atoms with Crippen molar-refractivity contribution in [3.05, 3.63) is 59.7 Å². The standard InChI is InChI=1S/C21H26N2O3/c1-16-6-4-5-7-20(16)22-21(25)13-15-23(17(2)24)14-12-18-8-10-19(26-3)11-9-18/h4-11H,12-15H2,1-3H3,(H,22,25). The molecule has 2 aromatic rings. The number of ether oxygens (including phenoxy) is 1. The van der Waals surface area contributed by atoms with Crippen molar-refractivity contribution < 1.29 is 14.3 Å². The zero-order valence-electron chi connectivity index (χ0n) is 15.6. The number of hydrogen-bond donors (Lipinski definition) is 1. The van der Waals surface area contributed by atoms with E-state index in [-0.39, 0.29) is 18.2 Å². The Morgan fingerprint density at radius 1 is 1.04 bits per heavy atom. The molecule has 0 saturated heterocycles. The number of methoxy groups -OCH3 is 1. The molecule has 0 saturated carbocycles. The molecule has 5 heteroatoms. The van der Waals surface area contributed by atoms with Crippen LogP contribution in [0.2, 0.25) is 0 Å². The molecule has 26 heavy (non-hydrogen) atoms. The van der Waals surface area contributed by atoms with E-state index in [4.69, 9.17) is 4.74 Å². The Balaban J connectivity index is 1.84. The maximum absolute atomic E-state index is 12.2. The van der Waals surface area contributed by atoms with Crippen molar-refractivity contribution in [2.45, 2.75) is 26.7 Å². The van der Waals surface area contributed by atoms with Gasteiger partial charge in [-0.2, -0.15) is 0 Å². The van der Waals surface area contributed by atoms with Gasteiger partial charge in [0.05, 0.1) is 7.11 Å². The minimum absolute atomic E-state index is 0.0257. The van der Waals surface area contributed by atoms with E-state index in [1.807, 2.05) is 55.5 Å². The van der Waals surface area contributed by atoms with Crippen LogP contribution in [0, 0.1) is 6.92 Å². The van der Waals surface area contributed by atoms with E-state index < -0.39 is 0 Å². The van der Waals surface area contributed by atoms with Crippen LogP contribution in [0.4, 0.5) is 5.69 Å². The van der Waals surface area contributed by atoms with E-state index in [2.05, 4.69) is 5.32 Å². The third kappa shape index (κ3) is 5.92. The van der Waals surface area contributed by atoms with Gasteiger partial charge in [0.15, 0.2) is 0 Å². The van der Waals surface area contributed by atoms with Gasteiger partial charge in [-0.15, -0.1) is 0 Å². The van der Waals surface area contributed by atoms with E-state index >= 15 is 0 Å². The van der Waals surface area contributed by atoms with E-state index in [1.54, 1.807) is 12.0 Å². The lowest BCUT2D eigenvalue weighted by atomic mass is 10.1. The number of nitrogens with one attached hydrogen (secondary N) is 1. The van der Waals surface area contributed by atoms with Crippen molar-refractivity contribution >= 4 is 17.5 Å². The first kappa shape index (κ1) is 19.5. The Hall–Kier alpha value is -2.82. The molecule has 0 aliphatic heterocycles. The molecule has 0 bridgehead atoms. The summed E-state index contributed by atoms with van der Waals surface area (Å²) in [6.07, 6.45) is 1.01. The monoisotopic (exact) mass is 354 g/mol. The summed E-state index contributed by atoms with van der Waals surface area (Å²) in [6.45, 7) is 4.47. The molecule has 0 radical (unpaired) electrons. The lowest BCUT2D eigenvalue weighted by Gasteiger charge is -2.21. The van der Waals surface area contributed by atoms with Crippen molar-refractivity contribution in [1.29, 1.82) is 0 Å². The maximum atomic E-state index is 12.2. The average molecular weight is 354 g/mol. The van der Waals surface area contributed by atoms with E-state index in [0.29, 0.717) is 13.1 Å². The normalized spacial score (nSPS) is 10.3. The van der Waals surface area contributed by atoms with E-state index in [9.17, 15) is 9.59 Å². The van der Waals surface area contributed by atoms with E-state index in [0.717, 1.165) is 29.0 Å². The van der Waals surface area contributed by atoms with Gasteiger partial charge in [0.25, 0.3) is 0 Å². The third-order valence-corrected chi connectivity index (χ3v) is 4.30. The summed E-state index contributed by atoms with van der Waals surface area (Å²) in [6, 6.07) is 15.4. The number of hydrogen-bond acceptors (Lipinski definition) is 3. The van der Waals surface area contributed by atoms with Crippen LogP contribution in [0.5, 0.6) is 5.75 Å². The maximum Gasteiger partial charge on any atom is 0.226 e. The van der Waals surface area contributed by atoms with Crippen molar-refractivity contribution in [1.82, 2.24) is 4.90 Å². The fourth-order valence-corrected chi connectivity index (χ4v) is 2.65. The highest BCUT2D eigenvalue weighted by molar-refractivity contribution is 5.91. The minimum atomic E-state index is -0.0880. The van der Waals surface area contributed by atoms with Crippen LogP contribution in [0.25, 0.3) is 0 Å². The molecule has 2 aromatic carbocycles. The summed E-state index contributed by atoms with van der Waals surface area (Å²) in [5.74, 6) is 0.697. The summed E-state index contributed by atoms with van der Waals surface area (Å²) in [5, 5.41) is 2.90. The Bertz CT molecular complexity index is 741. The smallest absolute Gasteiger partial charge is 0.226 e. The highest BCUT2D eigenvalue weighted by Crippen LogP contribution is 2.14. The van der Waals surface area contributed by atoms with Crippen molar-refractivity contribution in [2.24, 2.45) is 0 Å². The predicted molar refractivity (Wildman–Crippen MR) is 103 cm³/mol. The molecule has 0 spiro atoms. The molecule has 0 atom stereocenters. The molecule has 2 rings (SSSR count). The second-order valence-electron chi connectivity index (χ2n) is 6.22. The number of aryl methyl sites for hydroxylation is 1. The highest BCUT2D eigenvalue weighted by Gasteiger charge is 2.12. The number of amides is 2. The number of anilines is 1. The second kappa shape index (κ2) is 9.61. The molecule has 0 fully saturated rings. The van der Waals surface area contributed by atoms with Crippen LogP contribution in [0.3, 0.4) is 0 Å². The molecule has 5 nitrogen and oxygen atoms in total. The van der Waals surface area contributed by atoms with Gasteiger partial charge in [0.1, 0.15) is 5.75 Å². The number of carbonyl (C=O) groups is 2. The van der Waals surface area contributed by atoms with Gasteiger partial charge in [-0.25, -0.2) is 0 Å². The van der Waals surface area contributed by atoms with Crippen LogP contribution >= 0.6 is 0 Å². The molecule has 0 aromatic heterocycles. The molecule has 0 heterocycles. The molecular formula is C21H26N2O3. The number of nitrogens with zero attached hydrogens (tertiary/aromatic N) is 1. The highest BCUT2D eigenvalue weighted by atomic mass is 16.5. The Morgan fingerprint density at radius 3 is 2.35 bits per heavy atom. The molecule has 0 unspecified atom stereocenters. The van der Waals surface area contributed by atoms with Gasteiger partial charge < -0.3 is 15.0 Å². The lowest BCUT2D eigenvalue weighted by molar-refractivity contribution is -0.129. The minimum Gasteiger partial charge on any atom is -0.497 e. The van der Waals surface area contributed by atoms with Crippen LogP contribution in [-0.4, -0.2) is 36.9 Å². The molecule has 138 valence electrons. The van der Waals surface area contributed by atoms with Gasteiger partial charge in [0.2, 0.25) is 11.8 Å². The molecule has 0 aliphatic rings. The van der Waals surface area contributed by atoms with Gasteiger partial charge in [-0.1, -0.05) is 30.3 Å². The Morgan fingerprint density at radius 2 is 1.73 bits per heavy atom. The van der Waals surface area contributed by atoms with Crippen LogP contribution in [0.15, 0.2) is 48.5 Å². The number of benzene rings is 2. The molecular weight excluding hydrogens is 328 g/mol. The SMILES string of the molecule is COc1ccc(CCN(CCC(=O)Nc2ccccc2C)C(C)=O)cc1. The molecule has 2 amide bonds. The van der Waals surface area contributed by atoms with Crippen LogP contribution < -0.4 is 10.1 Å². The Labute approximate surface area is 155 Å². The molecule has 0 aliphatic carbocycles. The van der Waals surface area contributed by atoms with Gasteiger partial charge >= 0.3 is 0 Å². The van der Waals surface area contributed by atoms with E-state index in [1.165, 1.54) is 6.92 Å². The summed E-state index contributed by atoms with van der Waals surface area (Å²) in [5.41, 5.74) is 2.95. The van der Waals surface area contributed by atoms with Gasteiger partial charge in [0, 0.05) is 32.1 Å². The average Bonchev–Trinajstić information content (AvgIpc) is 2.63. The number of rotatable bonds is 8. The van der Waals surface area contributed by atoms with Crippen molar-refractivity contribution in [3.8, 4) is 5.75 Å². The van der Waals surface area contributed by atoms with Crippen molar-refractivity contribution in [2.75, 3.05) is 25.5 Å². The second-order valence-corrected chi connectivity index (χ2v) is 6.22. The lowest BCUT2D eigenvalue weighted by Crippen LogP contribution is -2.33. The largest absolute Gasteiger partial charge is 0.497 e. The number of para-hydroxylation sites is 1. The van der Waals surface area contributed by atoms with Crippen LogP contribution in [-0.2, 0) is 16.0 Å². The number of carbonyl (C=O) groups excluding carboxylic acids is 2. The quantitative estimate of drug-likeness (QED) is 0.790. The summed E-state index contributed by atoms with van der Waals surface area (Å²) in [7, 11) is 1.63. The first-order chi connectivity index (χ1) is 12.5. The first-order valence-corrected chi connectivity index (χ1v) is 8.73. The Kier molecular flexibility index (Phi) is 7.21. The van der Waals surface area contributed by atoms with Crippen molar-refractivity contribution in [3.63, 3.8) is 0 Å². The molecule has 1 N–H and O–H groups in total. The first-order valence-electron chi connectivity index (χ1n) is 8.73. The fourth-order valence-electron chi connectivity index (χ4n) is 2.65. The topological polar surface area (TPSA) is 58.6 Å². The summed E-state index contributed by atoms with van der Waals surface area (Å²) in [4.78, 5) is 25.7. The van der Waals surface area contributed by atoms with Crippen LogP contribution in [0.1, 0.15) is 24.5 Å². The van der Waals surface area contributed by atoms with Gasteiger partial charge in [-0.05, 0) is 42.7 Å². The van der Waals surface area contributed by atoms with Gasteiger partial charge in [-0.3, -0.25) is 9.59 Å². The summed E-state index contributed by atoms with van der Waals surface area (Å²) >= 11 is 0. The zero-order valence-corrected chi connectivity index (χ0v) is 15.6.